The summed E-state index contributed by atoms with van der Waals surface area (Å²) in [4.78, 5) is 25.5. The van der Waals surface area contributed by atoms with Crippen molar-refractivity contribution in [2.75, 3.05) is 11.1 Å². The molecule has 12 heteroatoms. The minimum Gasteiger partial charge on any atom is -0.344 e. The van der Waals surface area contributed by atoms with E-state index in [0.717, 1.165) is 21.8 Å². The molecule has 9 nitrogen and oxygen atoms in total. The molecule has 3 aromatic heterocycles. The topological polar surface area (TPSA) is 115 Å². The Bertz CT molecular complexity index is 1280. The zero-order valence-corrected chi connectivity index (χ0v) is 20.6. The number of rotatable bonds is 8. The van der Waals surface area contributed by atoms with Gasteiger partial charge in [-0.2, -0.15) is 0 Å². The Morgan fingerprint density at radius 1 is 1.09 bits per heavy atom. The first-order valence-electron chi connectivity index (χ1n) is 9.97. The number of nitrogens with zero attached hydrogens (tertiary/aromatic N) is 5. The molecule has 0 bridgehead atoms. The normalized spacial score (nSPS) is 10.9. The summed E-state index contributed by atoms with van der Waals surface area (Å²) in [6.45, 7) is 6.04. The van der Waals surface area contributed by atoms with Crippen LogP contribution < -0.4 is 10.6 Å². The fraction of sp³-hybridized carbons (Fsp3) is 0.238. The lowest BCUT2D eigenvalue weighted by atomic mass is 10.1. The van der Waals surface area contributed by atoms with Crippen molar-refractivity contribution >= 4 is 51.4 Å². The second-order valence-electron chi connectivity index (χ2n) is 7.15. The van der Waals surface area contributed by atoms with Gasteiger partial charge in [0.25, 0.3) is 5.91 Å². The summed E-state index contributed by atoms with van der Waals surface area (Å²) in [7, 11) is 0. The van der Waals surface area contributed by atoms with Crippen LogP contribution in [0.15, 0.2) is 40.9 Å². The molecule has 0 spiro atoms. The summed E-state index contributed by atoms with van der Waals surface area (Å²) in [6.07, 6.45) is 0. The minimum absolute atomic E-state index is 0.128. The Morgan fingerprint density at radius 3 is 2.67 bits per heavy atom. The van der Waals surface area contributed by atoms with Crippen molar-refractivity contribution in [1.29, 1.82) is 0 Å². The number of thioether (sulfide) groups is 1. The van der Waals surface area contributed by atoms with Crippen molar-refractivity contribution in [1.82, 2.24) is 30.3 Å². The van der Waals surface area contributed by atoms with E-state index in [2.05, 4.69) is 31.0 Å². The lowest BCUT2D eigenvalue weighted by molar-refractivity contribution is -0.113. The third kappa shape index (κ3) is 5.64. The molecule has 2 amide bonds. The first kappa shape index (κ1) is 23.1. The average molecular weight is 500 g/mol. The molecule has 0 aliphatic carbocycles. The molecule has 2 N–H and O–H groups in total. The van der Waals surface area contributed by atoms with Gasteiger partial charge in [-0.05, 0) is 49.4 Å². The van der Waals surface area contributed by atoms with Crippen molar-refractivity contribution in [3.8, 4) is 5.69 Å². The summed E-state index contributed by atoms with van der Waals surface area (Å²) < 4.78 is 1.89. The maximum Gasteiger partial charge on any atom is 0.261 e. The monoisotopic (exact) mass is 499 g/mol. The second kappa shape index (κ2) is 10.2. The number of carbonyl (C=O) groups excluding carboxylic acids is 2. The highest BCUT2D eigenvalue weighted by Crippen LogP contribution is 2.26. The number of anilines is 1. The van der Waals surface area contributed by atoms with E-state index in [1.807, 2.05) is 55.0 Å². The van der Waals surface area contributed by atoms with E-state index in [1.165, 1.54) is 34.4 Å². The molecule has 0 saturated heterocycles. The summed E-state index contributed by atoms with van der Waals surface area (Å²) >= 11 is 3.96. The van der Waals surface area contributed by atoms with Crippen LogP contribution in [0, 0.1) is 20.8 Å². The Labute approximate surface area is 202 Å². The largest absolute Gasteiger partial charge is 0.344 e. The maximum atomic E-state index is 12.4. The molecule has 4 aromatic rings. The van der Waals surface area contributed by atoms with Crippen molar-refractivity contribution in [2.24, 2.45) is 0 Å². The highest BCUT2D eigenvalue weighted by Gasteiger charge is 2.19. The maximum absolute atomic E-state index is 12.4. The number of aryl methyl sites for hydroxylation is 3. The van der Waals surface area contributed by atoms with E-state index in [4.69, 9.17) is 0 Å². The minimum atomic E-state index is -0.209. The molecule has 4 rings (SSSR count). The van der Waals surface area contributed by atoms with Gasteiger partial charge < -0.3 is 5.32 Å². The van der Waals surface area contributed by atoms with Crippen molar-refractivity contribution < 1.29 is 9.59 Å². The Hall–Kier alpha value is -3.09. The molecule has 0 aliphatic rings. The van der Waals surface area contributed by atoms with E-state index in [1.54, 1.807) is 6.07 Å². The number of benzene rings is 1. The van der Waals surface area contributed by atoms with Gasteiger partial charge in [0.15, 0.2) is 11.0 Å². The molecule has 0 saturated carbocycles. The van der Waals surface area contributed by atoms with E-state index >= 15 is 0 Å². The lowest BCUT2D eigenvalue weighted by Gasteiger charge is -2.14. The molecule has 0 radical (unpaired) electrons. The molecule has 0 fully saturated rings. The number of thiophene rings is 1. The number of hydrogen-bond donors (Lipinski definition) is 2. The zero-order valence-electron chi connectivity index (χ0n) is 18.2. The molecule has 0 aliphatic heterocycles. The number of hydrogen-bond acceptors (Lipinski definition) is 9. The standard InChI is InChI=1S/C21H21N7O2S3/c1-12-6-7-13(2)15(9-12)28-17(10-22-19(30)16-5-4-8-31-16)25-27-21(28)32-11-18(29)23-20-26-24-14(3)33-20/h4-9H,10-11H2,1-3H3,(H,22,30)(H,23,26,29). The van der Waals surface area contributed by atoms with Gasteiger partial charge in [-0.3, -0.25) is 19.5 Å². The molecule has 3 heterocycles. The first-order chi connectivity index (χ1) is 15.9. The van der Waals surface area contributed by atoms with Gasteiger partial charge in [0, 0.05) is 0 Å². The van der Waals surface area contributed by atoms with Crippen LogP contribution in [0.4, 0.5) is 5.13 Å². The Morgan fingerprint density at radius 2 is 1.94 bits per heavy atom. The van der Waals surface area contributed by atoms with Crippen molar-refractivity contribution in [3.63, 3.8) is 0 Å². The summed E-state index contributed by atoms with van der Waals surface area (Å²) in [5, 5.41) is 25.8. The van der Waals surface area contributed by atoms with Crippen LogP contribution in [0.5, 0.6) is 0 Å². The summed E-state index contributed by atoms with van der Waals surface area (Å²) in [5.41, 5.74) is 3.02. The summed E-state index contributed by atoms with van der Waals surface area (Å²) in [6, 6.07) is 9.71. The molecule has 33 heavy (non-hydrogen) atoms. The van der Waals surface area contributed by atoms with Crippen LogP contribution in [0.25, 0.3) is 5.69 Å². The lowest BCUT2D eigenvalue weighted by Crippen LogP contribution is -2.24. The van der Waals surface area contributed by atoms with E-state index in [0.29, 0.717) is 21.0 Å². The highest BCUT2D eigenvalue weighted by atomic mass is 32.2. The summed E-state index contributed by atoms with van der Waals surface area (Å²) in [5.74, 6) is 0.334. The van der Waals surface area contributed by atoms with Crippen molar-refractivity contribution in [3.05, 3.63) is 62.5 Å². The van der Waals surface area contributed by atoms with Gasteiger partial charge in [-0.1, -0.05) is 41.3 Å². The van der Waals surface area contributed by atoms with Crippen LogP contribution in [0.3, 0.4) is 0 Å². The van der Waals surface area contributed by atoms with Crippen molar-refractivity contribution in [2.45, 2.75) is 32.5 Å². The van der Waals surface area contributed by atoms with Crippen LogP contribution in [-0.2, 0) is 11.3 Å². The quantitative estimate of drug-likeness (QED) is 0.355. The van der Waals surface area contributed by atoms with Gasteiger partial charge in [-0.15, -0.1) is 31.7 Å². The van der Waals surface area contributed by atoms with Gasteiger partial charge in [-0.25, -0.2) is 0 Å². The second-order valence-corrected chi connectivity index (χ2v) is 10.2. The predicted molar refractivity (Wildman–Crippen MR) is 130 cm³/mol. The van der Waals surface area contributed by atoms with Gasteiger partial charge >= 0.3 is 0 Å². The third-order valence-corrected chi connectivity index (χ3v) is 7.11. The molecule has 1 aromatic carbocycles. The third-order valence-electron chi connectivity index (χ3n) is 4.56. The SMILES string of the molecule is Cc1ccc(C)c(-n2c(CNC(=O)c3cccs3)nnc2SCC(=O)Nc2nnc(C)s2)c1. The highest BCUT2D eigenvalue weighted by molar-refractivity contribution is 7.99. The van der Waals surface area contributed by atoms with Crippen LogP contribution in [-0.4, -0.2) is 42.5 Å². The Kier molecular flexibility index (Phi) is 7.16. The fourth-order valence-corrected chi connectivity index (χ4v) is 5.01. The number of carbonyl (C=O) groups is 2. The van der Waals surface area contributed by atoms with Crippen LogP contribution in [0.1, 0.15) is 31.6 Å². The number of aromatic nitrogens is 5. The van der Waals surface area contributed by atoms with Crippen LogP contribution in [0.2, 0.25) is 0 Å². The van der Waals surface area contributed by atoms with E-state index in [-0.39, 0.29) is 24.1 Å². The van der Waals surface area contributed by atoms with Gasteiger partial charge in [0.05, 0.1) is 22.9 Å². The number of amides is 2. The molecular weight excluding hydrogens is 478 g/mol. The van der Waals surface area contributed by atoms with Crippen LogP contribution >= 0.6 is 34.4 Å². The molecular formula is C21H21N7O2S3. The zero-order chi connectivity index (χ0) is 23.4. The fourth-order valence-electron chi connectivity index (χ4n) is 3.00. The predicted octanol–water partition coefficient (Wildman–Crippen LogP) is 3.77. The molecule has 0 atom stereocenters. The van der Waals surface area contributed by atoms with Gasteiger partial charge in [0.1, 0.15) is 5.01 Å². The Balaban J connectivity index is 1.55. The number of nitrogens with one attached hydrogen (secondary N) is 2. The smallest absolute Gasteiger partial charge is 0.261 e. The first-order valence-corrected chi connectivity index (χ1v) is 12.7. The van der Waals surface area contributed by atoms with E-state index in [9.17, 15) is 9.59 Å². The van der Waals surface area contributed by atoms with E-state index < -0.39 is 0 Å². The molecule has 0 unspecified atom stereocenters. The average Bonchev–Trinajstić information content (AvgIpc) is 3.54. The van der Waals surface area contributed by atoms with Gasteiger partial charge in [0.2, 0.25) is 11.0 Å². The molecule has 170 valence electrons.